The minimum atomic E-state index is -0.180. The molecule has 1 aliphatic heterocycles. The molecule has 1 saturated heterocycles. The standard InChI is InChI=1S/C16H32N4O3.2ClH/c1-12(13(2)17)16(22)20-9-7-19(8-10-20)14(3)15(21)18-6-5-11-23-4;;/h12-14H,5-11,17H2,1-4H3,(H,18,21);2*1H. The average Bonchev–Trinajstić information content (AvgIpc) is 2.56. The maximum absolute atomic E-state index is 12.3. The zero-order valence-electron chi connectivity index (χ0n) is 15.7. The average molecular weight is 401 g/mol. The molecule has 0 aromatic heterocycles. The molecule has 0 bridgehead atoms. The number of hydrogen-bond donors (Lipinski definition) is 2. The number of nitrogens with one attached hydrogen (secondary N) is 1. The van der Waals surface area contributed by atoms with Crippen LogP contribution in [-0.4, -0.2) is 80.1 Å². The van der Waals surface area contributed by atoms with Crippen LogP contribution >= 0.6 is 24.8 Å². The Balaban J connectivity index is 0. The van der Waals surface area contributed by atoms with E-state index < -0.39 is 0 Å². The van der Waals surface area contributed by atoms with Crippen molar-refractivity contribution in [1.82, 2.24) is 15.1 Å². The van der Waals surface area contributed by atoms with Crippen LogP contribution in [0.3, 0.4) is 0 Å². The van der Waals surface area contributed by atoms with Gasteiger partial charge in [-0.1, -0.05) is 6.92 Å². The normalized spacial score (nSPS) is 18.4. The number of amides is 2. The highest BCUT2D eigenvalue weighted by atomic mass is 35.5. The van der Waals surface area contributed by atoms with Gasteiger partial charge in [0, 0.05) is 52.5 Å². The molecule has 2 amide bonds. The van der Waals surface area contributed by atoms with Gasteiger partial charge in [-0.25, -0.2) is 0 Å². The van der Waals surface area contributed by atoms with Gasteiger partial charge in [-0.2, -0.15) is 0 Å². The molecule has 0 aliphatic carbocycles. The van der Waals surface area contributed by atoms with Crippen LogP contribution in [0, 0.1) is 5.92 Å². The van der Waals surface area contributed by atoms with E-state index in [-0.39, 0.29) is 54.6 Å². The number of carbonyl (C=O) groups excluding carboxylic acids is 2. The largest absolute Gasteiger partial charge is 0.385 e. The Morgan fingerprint density at radius 3 is 2.16 bits per heavy atom. The summed E-state index contributed by atoms with van der Waals surface area (Å²) in [5.41, 5.74) is 5.81. The molecule has 0 aromatic carbocycles. The van der Waals surface area contributed by atoms with Crippen molar-refractivity contribution in [3.63, 3.8) is 0 Å². The fourth-order valence-electron chi connectivity index (χ4n) is 2.58. The lowest BCUT2D eigenvalue weighted by molar-refractivity contribution is -0.138. The van der Waals surface area contributed by atoms with Crippen LogP contribution in [-0.2, 0) is 14.3 Å². The van der Waals surface area contributed by atoms with Crippen molar-refractivity contribution in [1.29, 1.82) is 0 Å². The summed E-state index contributed by atoms with van der Waals surface area (Å²) in [6.45, 7) is 9.63. The van der Waals surface area contributed by atoms with Gasteiger partial charge < -0.3 is 20.7 Å². The maximum atomic E-state index is 12.3. The van der Waals surface area contributed by atoms with Crippen LogP contribution in [0.4, 0.5) is 0 Å². The molecule has 3 N–H and O–H groups in total. The van der Waals surface area contributed by atoms with Gasteiger partial charge in [0.15, 0.2) is 0 Å². The molecule has 1 fully saturated rings. The van der Waals surface area contributed by atoms with Crippen LogP contribution in [0.1, 0.15) is 27.2 Å². The fourth-order valence-corrected chi connectivity index (χ4v) is 2.58. The summed E-state index contributed by atoms with van der Waals surface area (Å²) in [6, 6.07) is -0.321. The Hall–Kier alpha value is -0.600. The Kier molecular flexibility index (Phi) is 14.5. The zero-order chi connectivity index (χ0) is 17.4. The van der Waals surface area contributed by atoms with Gasteiger partial charge in [-0.3, -0.25) is 14.5 Å². The summed E-state index contributed by atoms with van der Waals surface area (Å²) in [5, 5.41) is 2.92. The molecule has 0 radical (unpaired) electrons. The SMILES string of the molecule is COCCCNC(=O)C(C)N1CCN(C(=O)C(C)C(C)N)CC1.Cl.Cl. The molecule has 1 heterocycles. The lowest BCUT2D eigenvalue weighted by Gasteiger charge is -2.38. The van der Waals surface area contributed by atoms with E-state index in [1.807, 2.05) is 25.7 Å². The highest BCUT2D eigenvalue weighted by Gasteiger charge is 2.29. The smallest absolute Gasteiger partial charge is 0.237 e. The van der Waals surface area contributed by atoms with Crippen molar-refractivity contribution >= 4 is 36.6 Å². The molecule has 3 atom stereocenters. The van der Waals surface area contributed by atoms with Crippen LogP contribution in [0.5, 0.6) is 0 Å². The van der Waals surface area contributed by atoms with E-state index >= 15 is 0 Å². The van der Waals surface area contributed by atoms with E-state index in [4.69, 9.17) is 10.5 Å². The second-order valence-corrected chi connectivity index (χ2v) is 6.32. The van der Waals surface area contributed by atoms with Gasteiger partial charge in [0.1, 0.15) is 0 Å². The monoisotopic (exact) mass is 400 g/mol. The van der Waals surface area contributed by atoms with Crippen molar-refractivity contribution in [2.45, 2.75) is 39.3 Å². The Bertz CT molecular complexity index is 392. The molecule has 1 aliphatic rings. The predicted molar refractivity (Wildman–Crippen MR) is 104 cm³/mol. The quantitative estimate of drug-likeness (QED) is 0.579. The first-order valence-electron chi connectivity index (χ1n) is 8.43. The van der Waals surface area contributed by atoms with Gasteiger partial charge in [0.25, 0.3) is 0 Å². The highest BCUT2D eigenvalue weighted by molar-refractivity contribution is 5.85. The maximum Gasteiger partial charge on any atom is 0.237 e. The number of rotatable bonds is 8. The first kappa shape index (κ1) is 26.6. The van der Waals surface area contributed by atoms with E-state index in [0.717, 1.165) is 6.42 Å². The number of nitrogens with two attached hydrogens (primary N) is 1. The minimum absolute atomic E-state index is 0. The van der Waals surface area contributed by atoms with E-state index in [0.29, 0.717) is 39.3 Å². The molecular weight excluding hydrogens is 367 g/mol. The minimum Gasteiger partial charge on any atom is -0.385 e. The number of nitrogens with zero attached hydrogens (tertiary/aromatic N) is 2. The number of piperazine rings is 1. The third-order valence-electron chi connectivity index (χ3n) is 4.56. The molecule has 7 nitrogen and oxygen atoms in total. The van der Waals surface area contributed by atoms with Gasteiger partial charge in [-0.15, -0.1) is 24.8 Å². The predicted octanol–water partition coefficient (Wildman–Crippen LogP) is 0.499. The molecule has 9 heteroatoms. The van der Waals surface area contributed by atoms with Gasteiger partial charge in [0.2, 0.25) is 11.8 Å². The second kappa shape index (κ2) is 13.6. The lowest BCUT2D eigenvalue weighted by atomic mass is 10.0. The molecular formula is C16H34Cl2N4O3. The molecule has 0 aromatic rings. The Morgan fingerprint density at radius 1 is 1.12 bits per heavy atom. The third kappa shape index (κ3) is 8.55. The molecule has 3 unspecified atom stereocenters. The molecule has 25 heavy (non-hydrogen) atoms. The Labute approximate surface area is 163 Å². The fraction of sp³-hybridized carbons (Fsp3) is 0.875. The van der Waals surface area contributed by atoms with Crippen LogP contribution in [0.15, 0.2) is 0 Å². The van der Waals surface area contributed by atoms with Crippen molar-refractivity contribution < 1.29 is 14.3 Å². The summed E-state index contributed by atoms with van der Waals surface area (Å²) in [4.78, 5) is 28.4. The third-order valence-corrected chi connectivity index (χ3v) is 4.56. The number of methoxy groups -OCH3 is 1. The van der Waals surface area contributed by atoms with Gasteiger partial charge in [-0.05, 0) is 20.3 Å². The number of ether oxygens (including phenoxy) is 1. The number of carbonyl (C=O) groups is 2. The van der Waals surface area contributed by atoms with Crippen LogP contribution in [0.2, 0.25) is 0 Å². The molecule has 1 rings (SSSR count). The second-order valence-electron chi connectivity index (χ2n) is 6.32. The number of halogens is 2. The zero-order valence-corrected chi connectivity index (χ0v) is 17.3. The lowest BCUT2D eigenvalue weighted by Crippen LogP contribution is -2.56. The van der Waals surface area contributed by atoms with Crippen LogP contribution < -0.4 is 11.1 Å². The van der Waals surface area contributed by atoms with E-state index in [1.54, 1.807) is 7.11 Å². The molecule has 0 spiro atoms. The van der Waals surface area contributed by atoms with Gasteiger partial charge >= 0.3 is 0 Å². The van der Waals surface area contributed by atoms with Crippen molar-refractivity contribution in [3.05, 3.63) is 0 Å². The topological polar surface area (TPSA) is 87.9 Å². The summed E-state index contributed by atoms with van der Waals surface area (Å²) in [7, 11) is 1.65. The first-order valence-corrected chi connectivity index (χ1v) is 8.43. The van der Waals surface area contributed by atoms with Crippen molar-refractivity contribution in [2.75, 3.05) is 46.4 Å². The summed E-state index contributed by atoms with van der Waals surface area (Å²) >= 11 is 0. The van der Waals surface area contributed by atoms with E-state index in [2.05, 4.69) is 10.2 Å². The van der Waals surface area contributed by atoms with Crippen LogP contribution in [0.25, 0.3) is 0 Å². The summed E-state index contributed by atoms with van der Waals surface area (Å²) < 4.78 is 4.96. The van der Waals surface area contributed by atoms with Crippen molar-refractivity contribution in [2.24, 2.45) is 11.7 Å². The van der Waals surface area contributed by atoms with Crippen molar-refractivity contribution in [3.8, 4) is 0 Å². The van der Waals surface area contributed by atoms with E-state index in [9.17, 15) is 9.59 Å². The highest BCUT2D eigenvalue weighted by Crippen LogP contribution is 2.11. The first-order chi connectivity index (χ1) is 10.9. The Morgan fingerprint density at radius 2 is 1.68 bits per heavy atom. The number of hydrogen-bond acceptors (Lipinski definition) is 5. The summed E-state index contributed by atoms with van der Waals surface area (Å²) in [5.74, 6) is -0.0239. The summed E-state index contributed by atoms with van der Waals surface area (Å²) in [6.07, 6.45) is 0.812. The molecule has 150 valence electrons. The van der Waals surface area contributed by atoms with Gasteiger partial charge in [0.05, 0.1) is 12.0 Å². The van der Waals surface area contributed by atoms with E-state index in [1.165, 1.54) is 0 Å². The molecule has 0 saturated carbocycles.